The highest BCUT2D eigenvalue weighted by atomic mass is 79.9. The monoisotopic (exact) mass is 479 g/mol. The summed E-state index contributed by atoms with van der Waals surface area (Å²) in [5.41, 5.74) is 0.172. The summed E-state index contributed by atoms with van der Waals surface area (Å²) in [6, 6.07) is 10.4. The van der Waals surface area contributed by atoms with Crippen molar-refractivity contribution in [3.05, 3.63) is 57.0 Å². The van der Waals surface area contributed by atoms with E-state index in [-0.39, 0.29) is 26.7 Å². The maximum Gasteiger partial charge on any atom is 0.327 e. The van der Waals surface area contributed by atoms with Gasteiger partial charge in [-0.3, -0.25) is 9.10 Å². The minimum absolute atomic E-state index is 0.0224. The number of sulfonamides is 1. The van der Waals surface area contributed by atoms with Crippen molar-refractivity contribution in [3.8, 4) is 0 Å². The molecule has 0 aliphatic rings. The summed E-state index contributed by atoms with van der Waals surface area (Å²) in [5, 5.41) is 0.501. The molecule has 0 N–H and O–H groups in total. The number of hydrogen-bond acceptors (Lipinski definition) is 4. The fourth-order valence-electron chi connectivity index (χ4n) is 2.15. The number of hydrogen-bond donors (Lipinski definition) is 0. The van der Waals surface area contributed by atoms with Crippen molar-refractivity contribution < 1.29 is 17.9 Å². The quantitative estimate of drug-likeness (QED) is 0.551. The molecule has 0 saturated carbocycles. The first kappa shape index (κ1) is 21.0. The van der Waals surface area contributed by atoms with Gasteiger partial charge in [-0.15, -0.1) is 0 Å². The first-order valence-corrected chi connectivity index (χ1v) is 10.5. The Balaban J connectivity index is 2.51. The largest absolute Gasteiger partial charge is 0.462 e. The second-order valence-corrected chi connectivity index (χ2v) is 9.28. The summed E-state index contributed by atoms with van der Waals surface area (Å²) in [4.78, 5) is 12.2. The number of rotatable bonds is 6. The molecule has 26 heavy (non-hydrogen) atoms. The van der Waals surface area contributed by atoms with E-state index in [1.54, 1.807) is 26.0 Å². The van der Waals surface area contributed by atoms with Gasteiger partial charge in [0.1, 0.15) is 6.54 Å². The van der Waals surface area contributed by atoms with Crippen LogP contribution in [0.4, 0.5) is 5.69 Å². The van der Waals surface area contributed by atoms with Gasteiger partial charge in [0.05, 0.1) is 16.7 Å². The predicted octanol–water partition coefficient (Wildman–Crippen LogP) is 4.90. The molecule has 9 heteroatoms. The van der Waals surface area contributed by atoms with Gasteiger partial charge in [0, 0.05) is 14.5 Å². The number of esters is 1. The number of benzene rings is 2. The van der Waals surface area contributed by atoms with E-state index in [1.165, 1.54) is 30.3 Å². The SMILES string of the molecule is CC(C)OC(=O)CN(c1cc(Cl)cc(Cl)c1)S(=O)(=O)c1ccc(Br)cc1. The van der Waals surface area contributed by atoms with Crippen LogP contribution in [-0.2, 0) is 19.6 Å². The van der Waals surface area contributed by atoms with Crippen LogP contribution in [0.5, 0.6) is 0 Å². The average molecular weight is 481 g/mol. The summed E-state index contributed by atoms with van der Waals surface area (Å²) in [6.07, 6.45) is -0.373. The van der Waals surface area contributed by atoms with Crippen molar-refractivity contribution in [2.24, 2.45) is 0 Å². The zero-order valence-electron chi connectivity index (χ0n) is 13.9. The molecule has 140 valence electrons. The number of nitrogens with zero attached hydrogens (tertiary/aromatic N) is 1. The summed E-state index contributed by atoms with van der Waals surface area (Å²) >= 11 is 15.3. The highest BCUT2D eigenvalue weighted by molar-refractivity contribution is 9.10. The van der Waals surface area contributed by atoms with Gasteiger partial charge >= 0.3 is 5.97 Å². The number of carbonyl (C=O) groups excluding carboxylic acids is 1. The standard InChI is InChI=1S/C17H16BrCl2NO4S/c1-11(2)25-17(22)10-21(15-8-13(19)7-14(20)9-15)26(23,24)16-5-3-12(18)4-6-16/h3-9,11H,10H2,1-2H3. The van der Waals surface area contributed by atoms with Crippen LogP contribution in [0.25, 0.3) is 0 Å². The molecule has 0 aliphatic heterocycles. The van der Waals surface area contributed by atoms with Crippen LogP contribution < -0.4 is 4.31 Å². The first-order valence-electron chi connectivity index (χ1n) is 7.53. The molecule has 0 saturated heterocycles. The normalized spacial score (nSPS) is 11.5. The Morgan fingerprint density at radius 1 is 1.12 bits per heavy atom. The Morgan fingerprint density at radius 2 is 1.65 bits per heavy atom. The van der Waals surface area contributed by atoms with Gasteiger partial charge in [0.2, 0.25) is 0 Å². The van der Waals surface area contributed by atoms with E-state index in [0.717, 1.165) is 8.78 Å². The lowest BCUT2D eigenvalue weighted by Gasteiger charge is -2.24. The van der Waals surface area contributed by atoms with E-state index in [9.17, 15) is 13.2 Å². The first-order chi connectivity index (χ1) is 12.1. The molecule has 0 fully saturated rings. The molecule has 2 rings (SSSR count). The highest BCUT2D eigenvalue weighted by Gasteiger charge is 2.28. The van der Waals surface area contributed by atoms with Crippen molar-refractivity contribution in [2.75, 3.05) is 10.8 Å². The van der Waals surface area contributed by atoms with Crippen molar-refractivity contribution in [1.82, 2.24) is 0 Å². The molecule has 2 aromatic rings. The Morgan fingerprint density at radius 3 is 2.15 bits per heavy atom. The van der Waals surface area contributed by atoms with Gasteiger partial charge in [-0.1, -0.05) is 39.1 Å². The van der Waals surface area contributed by atoms with Crippen LogP contribution >= 0.6 is 39.1 Å². The minimum Gasteiger partial charge on any atom is -0.462 e. The van der Waals surface area contributed by atoms with Gasteiger partial charge in [0.15, 0.2) is 0 Å². The molecular weight excluding hydrogens is 465 g/mol. The lowest BCUT2D eigenvalue weighted by molar-refractivity contribution is -0.145. The van der Waals surface area contributed by atoms with Gasteiger partial charge < -0.3 is 4.74 Å². The molecule has 5 nitrogen and oxygen atoms in total. The Bertz CT molecular complexity index is 881. The van der Waals surface area contributed by atoms with Gasteiger partial charge in [-0.05, 0) is 56.3 Å². The molecule has 0 unspecified atom stereocenters. The fraction of sp³-hybridized carbons (Fsp3) is 0.235. The zero-order valence-corrected chi connectivity index (χ0v) is 17.9. The van der Waals surface area contributed by atoms with E-state index in [2.05, 4.69) is 15.9 Å². The third kappa shape index (κ3) is 5.36. The number of ether oxygens (including phenoxy) is 1. The summed E-state index contributed by atoms with van der Waals surface area (Å²) in [7, 11) is -4.04. The van der Waals surface area contributed by atoms with Crippen LogP contribution in [0.3, 0.4) is 0 Å². The maximum absolute atomic E-state index is 13.1. The van der Waals surface area contributed by atoms with E-state index >= 15 is 0 Å². The third-order valence-electron chi connectivity index (χ3n) is 3.18. The molecule has 2 aromatic carbocycles. The molecule has 0 radical (unpaired) electrons. The Hall–Kier alpha value is -1.28. The topological polar surface area (TPSA) is 63.7 Å². The van der Waals surface area contributed by atoms with Crippen molar-refractivity contribution >= 4 is 60.8 Å². The van der Waals surface area contributed by atoms with Crippen LogP contribution in [0.2, 0.25) is 10.0 Å². The van der Waals surface area contributed by atoms with Crippen molar-refractivity contribution in [2.45, 2.75) is 24.8 Å². The van der Waals surface area contributed by atoms with Gasteiger partial charge in [-0.2, -0.15) is 0 Å². The van der Waals surface area contributed by atoms with Crippen LogP contribution in [0.1, 0.15) is 13.8 Å². The minimum atomic E-state index is -4.04. The molecule has 0 aromatic heterocycles. The van der Waals surface area contributed by atoms with E-state index in [1.807, 2.05) is 0 Å². The predicted molar refractivity (Wildman–Crippen MR) is 106 cm³/mol. The van der Waals surface area contributed by atoms with Crippen LogP contribution in [0, 0.1) is 0 Å². The van der Waals surface area contributed by atoms with E-state index in [4.69, 9.17) is 27.9 Å². The molecule has 0 bridgehead atoms. The molecular formula is C17H16BrCl2NO4S. The van der Waals surface area contributed by atoms with E-state index < -0.39 is 22.5 Å². The second-order valence-electron chi connectivity index (χ2n) is 5.63. The van der Waals surface area contributed by atoms with Crippen molar-refractivity contribution in [1.29, 1.82) is 0 Å². The lowest BCUT2D eigenvalue weighted by atomic mass is 10.3. The number of carbonyl (C=O) groups is 1. The smallest absolute Gasteiger partial charge is 0.327 e. The third-order valence-corrected chi connectivity index (χ3v) is 5.93. The average Bonchev–Trinajstić information content (AvgIpc) is 2.51. The Labute approximate surface area is 171 Å². The molecule has 0 amide bonds. The number of halogens is 3. The highest BCUT2D eigenvalue weighted by Crippen LogP contribution is 2.30. The van der Waals surface area contributed by atoms with E-state index in [0.29, 0.717) is 0 Å². The summed E-state index contributed by atoms with van der Waals surface area (Å²) in [5.74, 6) is -0.684. The molecule has 0 atom stereocenters. The molecule has 0 aliphatic carbocycles. The fourth-order valence-corrected chi connectivity index (χ4v) is 4.32. The van der Waals surface area contributed by atoms with Crippen LogP contribution in [0.15, 0.2) is 51.8 Å². The summed E-state index contributed by atoms with van der Waals surface area (Å²) in [6.45, 7) is 2.86. The summed E-state index contributed by atoms with van der Waals surface area (Å²) < 4.78 is 33.0. The Kier molecular flexibility index (Phi) is 6.96. The van der Waals surface area contributed by atoms with Gasteiger partial charge in [0.25, 0.3) is 10.0 Å². The maximum atomic E-state index is 13.1. The van der Waals surface area contributed by atoms with Gasteiger partial charge in [-0.25, -0.2) is 8.42 Å². The molecule has 0 heterocycles. The number of anilines is 1. The molecule has 0 spiro atoms. The van der Waals surface area contributed by atoms with Crippen molar-refractivity contribution in [3.63, 3.8) is 0 Å². The zero-order chi connectivity index (χ0) is 19.5. The van der Waals surface area contributed by atoms with Crippen LogP contribution in [-0.4, -0.2) is 27.0 Å². The second kappa shape index (κ2) is 8.61. The lowest BCUT2D eigenvalue weighted by Crippen LogP contribution is -2.37.